The lowest BCUT2D eigenvalue weighted by Crippen LogP contribution is -2.26. The summed E-state index contributed by atoms with van der Waals surface area (Å²) < 4.78 is 9.93. The summed E-state index contributed by atoms with van der Waals surface area (Å²) in [4.78, 5) is 23.0. The van der Waals surface area contributed by atoms with Crippen molar-refractivity contribution in [2.45, 2.75) is 20.3 Å². The minimum absolute atomic E-state index is 0.169. The van der Waals surface area contributed by atoms with Crippen LogP contribution in [0.1, 0.15) is 29.3 Å². The van der Waals surface area contributed by atoms with Crippen molar-refractivity contribution in [1.29, 1.82) is 0 Å². The van der Waals surface area contributed by atoms with Gasteiger partial charge in [0.1, 0.15) is 5.75 Å². The number of esters is 1. The van der Waals surface area contributed by atoms with Crippen LogP contribution in [0.3, 0.4) is 0 Å². The fourth-order valence-electron chi connectivity index (χ4n) is 1.57. The van der Waals surface area contributed by atoms with E-state index in [0.717, 1.165) is 5.56 Å². The number of amides is 1. The topological polar surface area (TPSA) is 64.6 Å². The summed E-state index contributed by atoms with van der Waals surface area (Å²) in [6, 6.07) is 5.21. The van der Waals surface area contributed by atoms with E-state index in [1.54, 1.807) is 26.2 Å². The van der Waals surface area contributed by atoms with Crippen LogP contribution in [0.2, 0.25) is 0 Å². The number of methoxy groups -OCH3 is 1. The Balaban J connectivity index is 2.52. The van der Waals surface area contributed by atoms with Crippen LogP contribution >= 0.6 is 0 Å². The zero-order valence-corrected chi connectivity index (χ0v) is 11.5. The van der Waals surface area contributed by atoms with Gasteiger partial charge in [0.25, 0.3) is 5.91 Å². The van der Waals surface area contributed by atoms with E-state index in [-0.39, 0.29) is 24.8 Å². The highest BCUT2D eigenvalue weighted by Crippen LogP contribution is 2.18. The number of hydrogen-bond acceptors (Lipinski definition) is 4. The fraction of sp³-hybridized carbons (Fsp3) is 0.429. The first-order valence-corrected chi connectivity index (χ1v) is 6.17. The van der Waals surface area contributed by atoms with Gasteiger partial charge in [0.2, 0.25) is 0 Å². The maximum absolute atomic E-state index is 11.8. The molecule has 0 aliphatic carbocycles. The monoisotopic (exact) mass is 265 g/mol. The highest BCUT2D eigenvalue weighted by atomic mass is 16.5. The van der Waals surface area contributed by atoms with Crippen LogP contribution in [0.25, 0.3) is 0 Å². The first-order valence-electron chi connectivity index (χ1n) is 6.17. The molecule has 1 N–H and O–H groups in total. The molecule has 0 atom stereocenters. The van der Waals surface area contributed by atoms with Crippen LogP contribution < -0.4 is 10.1 Å². The predicted octanol–water partition coefficient (Wildman–Crippen LogP) is 1.69. The van der Waals surface area contributed by atoms with Gasteiger partial charge >= 0.3 is 5.97 Å². The van der Waals surface area contributed by atoms with Gasteiger partial charge in [-0.05, 0) is 31.5 Å². The molecule has 0 spiro atoms. The number of nitrogens with one attached hydrogen (secondary N) is 1. The number of carbonyl (C=O) groups is 2. The molecule has 0 bridgehead atoms. The second kappa shape index (κ2) is 7.41. The second-order valence-corrected chi connectivity index (χ2v) is 4.00. The van der Waals surface area contributed by atoms with Crippen LogP contribution in [0.15, 0.2) is 18.2 Å². The quantitative estimate of drug-likeness (QED) is 0.795. The Morgan fingerprint density at radius 1 is 1.32 bits per heavy atom. The maximum Gasteiger partial charge on any atom is 0.307 e. The highest BCUT2D eigenvalue weighted by molar-refractivity contribution is 5.94. The van der Waals surface area contributed by atoms with Gasteiger partial charge in [-0.25, -0.2) is 0 Å². The predicted molar refractivity (Wildman–Crippen MR) is 71.3 cm³/mol. The zero-order chi connectivity index (χ0) is 14.3. The molecule has 0 unspecified atom stereocenters. The SMILES string of the molecule is CCOC(=O)CCNC(=O)c1ccc(C)c(OC)c1. The third-order valence-electron chi connectivity index (χ3n) is 2.59. The van der Waals surface area contributed by atoms with Crippen molar-refractivity contribution in [2.24, 2.45) is 0 Å². The average Bonchev–Trinajstić information content (AvgIpc) is 2.39. The molecule has 0 saturated carbocycles. The molecule has 5 heteroatoms. The van der Waals surface area contributed by atoms with E-state index in [1.165, 1.54) is 0 Å². The molecule has 1 amide bonds. The Kier molecular flexibility index (Phi) is 5.85. The van der Waals surface area contributed by atoms with Crippen molar-refractivity contribution >= 4 is 11.9 Å². The maximum atomic E-state index is 11.8. The van der Waals surface area contributed by atoms with Crippen molar-refractivity contribution < 1.29 is 19.1 Å². The van der Waals surface area contributed by atoms with Gasteiger partial charge in [0.15, 0.2) is 0 Å². The van der Waals surface area contributed by atoms with Gasteiger partial charge in [0.05, 0.1) is 20.1 Å². The van der Waals surface area contributed by atoms with E-state index in [9.17, 15) is 9.59 Å². The summed E-state index contributed by atoms with van der Waals surface area (Å²) in [6.07, 6.45) is 0.169. The molecule has 1 rings (SSSR count). The first kappa shape index (κ1) is 15.0. The molecule has 5 nitrogen and oxygen atoms in total. The second-order valence-electron chi connectivity index (χ2n) is 4.00. The number of ether oxygens (including phenoxy) is 2. The lowest BCUT2D eigenvalue weighted by Gasteiger charge is -2.08. The smallest absolute Gasteiger partial charge is 0.307 e. The van der Waals surface area contributed by atoms with Crippen LogP contribution in [0, 0.1) is 6.92 Å². The van der Waals surface area contributed by atoms with Crippen molar-refractivity contribution in [2.75, 3.05) is 20.3 Å². The molecule has 1 aromatic carbocycles. The van der Waals surface area contributed by atoms with Crippen LogP contribution in [-0.2, 0) is 9.53 Å². The molecule has 0 fully saturated rings. The summed E-state index contributed by atoms with van der Waals surface area (Å²) in [5.74, 6) is 0.116. The van der Waals surface area contributed by atoms with E-state index in [2.05, 4.69) is 5.32 Å². The summed E-state index contributed by atoms with van der Waals surface area (Å²) in [7, 11) is 1.56. The normalized spacial score (nSPS) is 9.84. The number of benzene rings is 1. The zero-order valence-electron chi connectivity index (χ0n) is 11.5. The Morgan fingerprint density at radius 2 is 2.05 bits per heavy atom. The van der Waals surface area contributed by atoms with Crippen molar-refractivity contribution in [3.8, 4) is 5.75 Å². The summed E-state index contributed by atoms with van der Waals surface area (Å²) in [5, 5.41) is 2.66. The van der Waals surface area contributed by atoms with Crippen molar-refractivity contribution in [1.82, 2.24) is 5.32 Å². The van der Waals surface area contributed by atoms with E-state index in [1.807, 2.05) is 13.0 Å². The van der Waals surface area contributed by atoms with Crippen LogP contribution in [-0.4, -0.2) is 32.1 Å². The number of aryl methyl sites for hydroxylation is 1. The molecular formula is C14H19NO4. The van der Waals surface area contributed by atoms with Crippen molar-refractivity contribution in [3.63, 3.8) is 0 Å². The van der Waals surface area contributed by atoms with Crippen molar-refractivity contribution in [3.05, 3.63) is 29.3 Å². The highest BCUT2D eigenvalue weighted by Gasteiger charge is 2.09. The van der Waals surface area contributed by atoms with E-state index in [4.69, 9.17) is 9.47 Å². The fourth-order valence-corrected chi connectivity index (χ4v) is 1.57. The molecular weight excluding hydrogens is 246 g/mol. The summed E-state index contributed by atoms with van der Waals surface area (Å²) in [5.41, 5.74) is 1.47. The van der Waals surface area contributed by atoms with Gasteiger partial charge < -0.3 is 14.8 Å². The van der Waals surface area contributed by atoms with E-state index in [0.29, 0.717) is 17.9 Å². The van der Waals surface area contributed by atoms with Crippen LogP contribution in [0.4, 0.5) is 0 Å². The Hall–Kier alpha value is -2.04. The summed E-state index contributed by atoms with van der Waals surface area (Å²) >= 11 is 0. The largest absolute Gasteiger partial charge is 0.496 e. The Bertz CT molecular complexity index is 457. The summed E-state index contributed by atoms with van der Waals surface area (Å²) in [6.45, 7) is 4.26. The molecule has 19 heavy (non-hydrogen) atoms. The van der Waals surface area contributed by atoms with Gasteiger partial charge in [-0.1, -0.05) is 6.07 Å². The Morgan fingerprint density at radius 3 is 2.68 bits per heavy atom. The average molecular weight is 265 g/mol. The molecule has 0 aromatic heterocycles. The van der Waals surface area contributed by atoms with Gasteiger partial charge in [-0.15, -0.1) is 0 Å². The third-order valence-corrected chi connectivity index (χ3v) is 2.59. The first-order chi connectivity index (χ1) is 9.08. The van der Waals surface area contributed by atoms with Gasteiger partial charge in [-0.2, -0.15) is 0 Å². The number of rotatable bonds is 6. The minimum atomic E-state index is -0.315. The molecule has 0 heterocycles. The molecule has 0 radical (unpaired) electrons. The Labute approximate surface area is 112 Å². The molecule has 0 saturated heterocycles. The standard InChI is InChI=1S/C14H19NO4/c1-4-19-13(16)7-8-15-14(17)11-6-5-10(2)12(9-11)18-3/h5-6,9H,4,7-8H2,1-3H3,(H,15,17). The van der Waals surface area contributed by atoms with Gasteiger partial charge in [0, 0.05) is 12.1 Å². The van der Waals surface area contributed by atoms with Gasteiger partial charge in [-0.3, -0.25) is 9.59 Å². The minimum Gasteiger partial charge on any atom is -0.496 e. The molecule has 1 aromatic rings. The van der Waals surface area contributed by atoms with E-state index >= 15 is 0 Å². The lowest BCUT2D eigenvalue weighted by molar-refractivity contribution is -0.142. The number of carbonyl (C=O) groups excluding carboxylic acids is 2. The molecule has 0 aliphatic rings. The number of hydrogen-bond donors (Lipinski definition) is 1. The molecule has 0 aliphatic heterocycles. The lowest BCUT2D eigenvalue weighted by atomic mass is 10.1. The van der Waals surface area contributed by atoms with Crippen LogP contribution in [0.5, 0.6) is 5.75 Å². The molecule has 104 valence electrons. The third kappa shape index (κ3) is 4.62. The van der Waals surface area contributed by atoms with E-state index < -0.39 is 0 Å².